The molecule has 2 rings (SSSR count). The molecule has 2 aromatic rings. The van der Waals surface area contributed by atoms with E-state index in [0.29, 0.717) is 0 Å². The van der Waals surface area contributed by atoms with Crippen LogP contribution in [0.25, 0.3) is 0 Å². The van der Waals surface area contributed by atoms with E-state index in [1.807, 2.05) is 25.5 Å². The molecule has 18 heavy (non-hydrogen) atoms. The van der Waals surface area contributed by atoms with Gasteiger partial charge in [-0.05, 0) is 13.0 Å². The van der Waals surface area contributed by atoms with E-state index in [4.69, 9.17) is 0 Å². The molecule has 0 spiro atoms. The summed E-state index contributed by atoms with van der Waals surface area (Å²) in [5, 5.41) is 10.8. The summed E-state index contributed by atoms with van der Waals surface area (Å²) >= 11 is 0. The molecule has 0 radical (unpaired) electrons. The number of aromatic nitrogens is 4. The van der Waals surface area contributed by atoms with Gasteiger partial charge in [0.05, 0.1) is 23.8 Å². The molecule has 0 saturated heterocycles. The largest absolute Gasteiger partial charge is 0.384 e. The Labute approximate surface area is 106 Å². The van der Waals surface area contributed by atoms with E-state index in [2.05, 4.69) is 32.6 Å². The fraction of sp³-hybridized carbons (Fsp3) is 0.417. The molecule has 0 amide bonds. The molecule has 0 unspecified atom stereocenters. The zero-order valence-electron chi connectivity index (χ0n) is 10.7. The molecule has 6 heteroatoms. The van der Waals surface area contributed by atoms with Crippen molar-refractivity contribution < 1.29 is 0 Å². The van der Waals surface area contributed by atoms with Crippen LogP contribution in [-0.2, 0) is 13.5 Å². The summed E-state index contributed by atoms with van der Waals surface area (Å²) in [6, 6.07) is 2.04. The second-order valence-electron chi connectivity index (χ2n) is 4.00. The molecule has 2 aromatic heterocycles. The fourth-order valence-electron chi connectivity index (χ4n) is 1.65. The average molecular weight is 246 g/mol. The van der Waals surface area contributed by atoms with Crippen molar-refractivity contribution >= 4 is 11.4 Å². The summed E-state index contributed by atoms with van der Waals surface area (Å²) in [5.74, 6) is 0.848. The van der Waals surface area contributed by atoms with Gasteiger partial charge in [-0.2, -0.15) is 5.10 Å². The molecule has 0 aliphatic rings. The predicted molar refractivity (Wildman–Crippen MR) is 71.6 cm³/mol. The minimum Gasteiger partial charge on any atom is -0.384 e. The minimum atomic E-state index is 0.793. The molecule has 0 saturated carbocycles. The van der Waals surface area contributed by atoms with Gasteiger partial charge in [0.2, 0.25) is 0 Å². The average Bonchev–Trinajstić information content (AvgIpc) is 2.76. The molecule has 6 nitrogen and oxygen atoms in total. The number of rotatable bonds is 6. The van der Waals surface area contributed by atoms with Crippen molar-refractivity contribution in [3.63, 3.8) is 0 Å². The Balaban J connectivity index is 1.84. The van der Waals surface area contributed by atoms with Crippen molar-refractivity contribution in [1.82, 2.24) is 19.7 Å². The van der Waals surface area contributed by atoms with Crippen LogP contribution in [0.2, 0.25) is 0 Å². The summed E-state index contributed by atoms with van der Waals surface area (Å²) in [5.41, 5.74) is 2.03. The van der Waals surface area contributed by atoms with Crippen LogP contribution in [0.15, 0.2) is 24.8 Å². The lowest BCUT2D eigenvalue weighted by atomic mass is 10.3. The summed E-state index contributed by atoms with van der Waals surface area (Å²) in [6.45, 7) is 3.75. The standard InChI is InChI=1S/C12H18N6/c1-3-14-10-6-11(8-13-7-10)15-5-4-12-16-9-18(2)17-12/h6-9,14-15H,3-5H2,1-2H3. The van der Waals surface area contributed by atoms with Crippen LogP contribution in [0, 0.1) is 0 Å². The Morgan fingerprint density at radius 3 is 2.67 bits per heavy atom. The Hall–Kier alpha value is -2.11. The van der Waals surface area contributed by atoms with Gasteiger partial charge < -0.3 is 10.6 Å². The zero-order chi connectivity index (χ0) is 12.8. The number of hydrogen-bond donors (Lipinski definition) is 2. The number of pyridine rings is 1. The molecule has 0 bridgehead atoms. The minimum absolute atomic E-state index is 0.793. The summed E-state index contributed by atoms with van der Waals surface area (Å²) < 4.78 is 1.71. The Morgan fingerprint density at radius 2 is 2.00 bits per heavy atom. The Morgan fingerprint density at radius 1 is 1.22 bits per heavy atom. The monoisotopic (exact) mass is 246 g/mol. The molecule has 0 atom stereocenters. The fourth-order valence-corrected chi connectivity index (χ4v) is 1.65. The van der Waals surface area contributed by atoms with Crippen molar-refractivity contribution in [2.75, 3.05) is 23.7 Å². The van der Waals surface area contributed by atoms with E-state index in [1.54, 1.807) is 11.0 Å². The molecule has 0 fully saturated rings. The van der Waals surface area contributed by atoms with Crippen LogP contribution in [0.3, 0.4) is 0 Å². The molecule has 0 aliphatic carbocycles. The second kappa shape index (κ2) is 6.00. The highest BCUT2D eigenvalue weighted by Crippen LogP contribution is 2.12. The smallest absolute Gasteiger partial charge is 0.152 e. The second-order valence-corrected chi connectivity index (χ2v) is 4.00. The van der Waals surface area contributed by atoms with E-state index in [-0.39, 0.29) is 0 Å². The van der Waals surface area contributed by atoms with E-state index in [0.717, 1.165) is 36.7 Å². The predicted octanol–water partition coefficient (Wildman–Crippen LogP) is 1.30. The molecule has 0 aromatic carbocycles. The van der Waals surface area contributed by atoms with Gasteiger partial charge in [-0.1, -0.05) is 0 Å². The van der Waals surface area contributed by atoms with E-state index < -0.39 is 0 Å². The summed E-state index contributed by atoms with van der Waals surface area (Å²) in [7, 11) is 1.87. The van der Waals surface area contributed by atoms with Gasteiger partial charge in [0, 0.05) is 26.6 Å². The molecule has 2 heterocycles. The molecule has 0 aliphatic heterocycles. The zero-order valence-corrected chi connectivity index (χ0v) is 10.7. The number of aryl methyl sites for hydroxylation is 1. The first-order valence-electron chi connectivity index (χ1n) is 6.05. The Kier molecular flexibility index (Phi) is 4.11. The SMILES string of the molecule is CCNc1cncc(NCCc2ncn(C)n2)c1. The third kappa shape index (κ3) is 3.44. The maximum Gasteiger partial charge on any atom is 0.152 e. The number of nitrogens with zero attached hydrogens (tertiary/aromatic N) is 4. The van der Waals surface area contributed by atoms with E-state index in [9.17, 15) is 0 Å². The molecular weight excluding hydrogens is 228 g/mol. The Bertz CT molecular complexity index is 493. The quantitative estimate of drug-likeness (QED) is 0.804. The lowest BCUT2D eigenvalue weighted by Gasteiger charge is -2.07. The van der Waals surface area contributed by atoms with Crippen LogP contribution in [0.4, 0.5) is 11.4 Å². The van der Waals surface area contributed by atoms with Crippen molar-refractivity contribution in [2.24, 2.45) is 7.05 Å². The van der Waals surface area contributed by atoms with Gasteiger partial charge in [0.1, 0.15) is 6.33 Å². The third-order valence-corrected chi connectivity index (χ3v) is 2.44. The van der Waals surface area contributed by atoms with E-state index in [1.165, 1.54) is 0 Å². The first-order valence-corrected chi connectivity index (χ1v) is 6.05. The van der Waals surface area contributed by atoms with E-state index >= 15 is 0 Å². The number of hydrogen-bond acceptors (Lipinski definition) is 5. The molecule has 96 valence electrons. The highest BCUT2D eigenvalue weighted by Gasteiger charge is 1.99. The highest BCUT2D eigenvalue weighted by molar-refractivity contribution is 5.53. The van der Waals surface area contributed by atoms with Crippen molar-refractivity contribution in [2.45, 2.75) is 13.3 Å². The number of anilines is 2. The third-order valence-electron chi connectivity index (χ3n) is 2.44. The first-order chi connectivity index (χ1) is 8.78. The van der Waals surface area contributed by atoms with Gasteiger partial charge in [-0.25, -0.2) is 4.98 Å². The van der Waals surface area contributed by atoms with Crippen LogP contribution < -0.4 is 10.6 Å². The topological polar surface area (TPSA) is 67.7 Å². The summed E-state index contributed by atoms with van der Waals surface area (Å²) in [4.78, 5) is 8.35. The van der Waals surface area contributed by atoms with Crippen molar-refractivity contribution in [3.8, 4) is 0 Å². The van der Waals surface area contributed by atoms with Crippen molar-refractivity contribution in [1.29, 1.82) is 0 Å². The van der Waals surface area contributed by atoms with Gasteiger partial charge >= 0.3 is 0 Å². The van der Waals surface area contributed by atoms with Gasteiger partial charge in [-0.3, -0.25) is 9.67 Å². The van der Waals surface area contributed by atoms with Crippen LogP contribution in [0.5, 0.6) is 0 Å². The number of nitrogens with one attached hydrogen (secondary N) is 2. The highest BCUT2D eigenvalue weighted by atomic mass is 15.3. The lowest BCUT2D eigenvalue weighted by Crippen LogP contribution is -2.07. The van der Waals surface area contributed by atoms with Crippen molar-refractivity contribution in [3.05, 3.63) is 30.6 Å². The molecule has 2 N–H and O–H groups in total. The van der Waals surface area contributed by atoms with Crippen LogP contribution in [-0.4, -0.2) is 32.8 Å². The normalized spacial score (nSPS) is 10.3. The lowest BCUT2D eigenvalue weighted by molar-refractivity contribution is 0.742. The van der Waals surface area contributed by atoms with Crippen LogP contribution in [0.1, 0.15) is 12.7 Å². The maximum atomic E-state index is 4.23. The van der Waals surface area contributed by atoms with Gasteiger partial charge in [-0.15, -0.1) is 0 Å². The van der Waals surface area contributed by atoms with Crippen LogP contribution >= 0.6 is 0 Å². The van der Waals surface area contributed by atoms with Gasteiger partial charge in [0.15, 0.2) is 5.82 Å². The molecular formula is C12H18N6. The summed E-state index contributed by atoms with van der Waals surface area (Å²) in [6.07, 6.45) is 6.14. The van der Waals surface area contributed by atoms with Gasteiger partial charge in [0.25, 0.3) is 0 Å². The first kappa shape index (κ1) is 12.3. The maximum absolute atomic E-state index is 4.23.